The van der Waals surface area contributed by atoms with Crippen LogP contribution in [0.4, 0.5) is 0 Å². The van der Waals surface area contributed by atoms with Gasteiger partial charge < -0.3 is 10.1 Å². The molecule has 0 radical (unpaired) electrons. The fourth-order valence-corrected chi connectivity index (χ4v) is 5.09. The highest BCUT2D eigenvalue weighted by atomic mass is 32.1. The van der Waals surface area contributed by atoms with E-state index < -0.39 is 0 Å². The number of rotatable bonds is 6. The number of nitrogens with one attached hydrogen (secondary N) is 1. The Bertz CT molecular complexity index is 908. The van der Waals surface area contributed by atoms with Gasteiger partial charge in [0.2, 0.25) is 0 Å². The SMILES string of the molecule is COc1ccc(-c2nc(C(=O)NCCc3nc4c(s3)CCCC4)cs2)cc1. The second kappa shape index (κ2) is 8.19. The number of methoxy groups -OCH3 is 1. The fraction of sp³-hybridized carbons (Fsp3) is 0.350. The Labute approximate surface area is 166 Å². The molecule has 0 saturated heterocycles. The average Bonchev–Trinajstić information content (AvgIpc) is 3.35. The Balaban J connectivity index is 1.33. The zero-order valence-corrected chi connectivity index (χ0v) is 16.8. The van der Waals surface area contributed by atoms with E-state index in [2.05, 4.69) is 10.3 Å². The molecule has 0 bridgehead atoms. The van der Waals surface area contributed by atoms with Crippen molar-refractivity contribution in [1.82, 2.24) is 15.3 Å². The second-order valence-electron chi connectivity index (χ2n) is 6.46. The van der Waals surface area contributed by atoms with Crippen molar-refractivity contribution in [2.45, 2.75) is 32.1 Å². The van der Waals surface area contributed by atoms with E-state index in [9.17, 15) is 4.79 Å². The van der Waals surface area contributed by atoms with E-state index in [1.807, 2.05) is 24.3 Å². The third-order valence-corrected chi connectivity index (χ3v) is 6.70. The molecule has 0 unspecified atom stereocenters. The lowest BCUT2D eigenvalue weighted by atomic mass is 10.0. The number of benzene rings is 1. The number of ether oxygens (including phenoxy) is 1. The molecule has 0 spiro atoms. The van der Waals surface area contributed by atoms with Gasteiger partial charge in [-0.25, -0.2) is 9.97 Å². The molecule has 2 aromatic heterocycles. The molecule has 2 heterocycles. The Hall–Kier alpha value is -2.25. The summed E-state index contributed by atoms with van der Waals surface area (Å²) < 4.78 is 5.17. The van der Waals surface area contributed by atoms with Gasteiger partial charge in [0.25, 0.3) is 5.91 Å². The van der Waals surface area contributed by atoms with E-state index in [4.69, 9.17) is 9.72 Å². The molecule has 0 aliphatic heterocycles. The van der Waals surface area contributed by atoms with E-state index in [1.54, 1.807) is 23.8 Å². The third kappa shape index (κ3) is 4.20. The Morgan fingerprint density at radius 1 is 1.19 bits per heavy atom. The first-order valence-corrected chi connectivity index (χ1v) is 10.8. The van der Waals surface area contributed by atoms with Crippen molar-refractivity contribution in [3.63, 3.8) is 0 Å². The first kappa shape index (κ1) is 18.1. The zero-order valence-electron chi connectivity index (χ0n) is 15.2. The number of hydrogen-bond donors (Lipinski definition) is 1. The molecular weight excluding hydrogens is 378 g/mol. The van der Waals surface area contributed by atoms with E-state index in [0.29, 0.717) is 12.2 Å². The van der Waals surface area contributed by atoms with Crippen LogP contribution in [-0.2, 0) is 19.3 Å². The van der Waals surface area contributed by atoms with Crippen molar-refractivity contribution in [3.8, 4) is 16.3 Å². The summed E-state index contributed by atoms with van der Waals surface area (Å²) >= 11 is 3.27. The molecule has 1 aliphatic rings. The maximum absolute atomic E-state index is 12.4. The van der Waals surface area contributed by atoms with Crippen molar-refractivity contribution >= 4 is 28.6 Å². The molecule has 27 heavy (non-hydrogen) atoms. The molecule has 3 aromatic rings. The maximum atomic E-state index is 12.4. The van der Waals surface area contributed by atoms with Gasteiger partial charge in [0, 0.05) is 28.8 Å². The van der Waals surface area contributed by atoms with Crippen molar-refractivity contribution in [3.05, 3.63) is 50.9 Å². The molecule has 1 N–H and O–H groups in total. The van der Waals surface area contributed by atoms with Crippen molar-refractivity contribution in [2.75, 3.05) is 13.7 Å². The molecule has 5 nitrogen and oxygen atoms in total. The minimum atomic E-state index is -0.132. The number of thiazole rings is 2. The normalized spacial score (nSPS) is 13.2. The van der Waals surface area contributed by atoms with Crippen LogP contribution in [0.2, 0.25) is 0 Å². The number of amides is 1. The predicted molar refractivity (Wildman–Crippen MR) is 109 cm³/mol. The van der Waals surface area contributed by atoms with Gasteiger partial charge in [-0.05, 0) is 49.9 Å². The van der Waals surface area contributed by atoms with Crippen molar-refractivity contribution < 1.29 is 9.53 Å². The van der Waals surface area contributed by atoms with Gasteiger partial charge in [-0.2, -0.15) is 0 Å². The van der Waals surface area contributed by atoms with E-state index in [-0.39, 0.29) is 5.91 Å². The third-order valence-electron chi connectivity index (χ3n) is 4.59. The minimum Gasteiger partial charge on any atom is -0.497 e. The first-order chi connectivity index (χ1) is 13.2. The standard InChI is InChI=1S/C20H21N3O2S2/c1-25-14-8-6-13(7-9-14)20-23-16(12-26-20)19(24)21-11-10-18-22-15-4-2-3-5-17(15)27-18/h6-9,12H,2-5,10-11H2,1H3,(H,21,24). The number of hydrogen-bond acceptors (Lipinski definition) is 6. The monoisotopic (exact) mass is 399 g/mol. The summed E-state index contributed by atoms with van der Waals surface area (Å²) in [4.78, 5) is 23.0. The molecule has 1 aliphatic carbocycles. The van der Waals surface area contributed by atoms with Crippen LogP contribution in [0.5, 0.6) is 5.75 Å². The van der Waals surface area contributed by atoms with Gasteiger partial charge in [-0.3, -0.25) is 4.79 Å². The highest BCUT2D eigenvalue weighted by Gasteiger charge is 2.16. The highest BCUT2D eigenvalue weighted by Crippen LogP contribution is 2.27. The van der Waals surface area contributed by atoms with Crippen LogP contribution in [0.25, 0.3) is 10.6 Å². The number of aryl methyl sites for hydroxylation is 2. The van der Waals surface area contributed by atoms with E-state index >= 15 is 0 Å². The molecule has 1 aromatic carbocycles. The van der Waals surface area contributed by atoms with Gasteiger partial charge in [-0.15, -0.1) is 22.7 Å². The maximum Gasteiger partial charge on any atom is 0.270 e. The molecule has 4 rings (SSSR count). The number of aromatic nitrogens is 2. The van der Waals surface area contributed by atoms with E-state index in [1.165, 1.54) is 34.7 Å². The van der Waals surface area contributed by atoms with Gasteiger partial charge in [0.15, 0.2) is 0 Å². The summed E-state index contributed by atoms with van der Waals surface area (Å²) in [6.45, 7) is 0.584. The number of fused-ring (bicyclic) bond motifs is 1. The average molecular weight is 400 g/mol. The molecule has 0 saturated carbocycles. The topological polar surface area (TPSA) is 64.1 Å². The summed E-state index contributed by atoms with van der Waals surface area (Å²) in [5, 5.41) is 6.72. The number of carbonyl (C=O) groups excluding carboxylic acids is 1. The molecule has 1 amide bonds. The second-order valence-corrected chi connectivity index (χ2v) is 8.48. The highest BCUT2D eigenvalue weighted by molar-refractivity contribution is 7.13. The Kier molecular flexibility index (Phi) is 5.50. The smallest absolute Gasteiger partial charge is 0.270 e. The lowest BCUT2D eigenvalue weighted by Gasteiger charge is -2.06. The van der Waals surface area contributed by atoms with E-state index in [0.717, 1.165) is 40.6 Å². The Morgan fingerprint density at radius 3 is 2.78 bits per heavy atom. The van der Waals surface area contributed by atoms with Gasteiger partial charge in [0.05, 0.1) is 17.8 Å². The lowest BCUT2D eigenvalue weighted by molar-refractivity contribution is 0.0950. The quantitative estimate of drug-likeness (QED) is 0.677. The van der Waals surface area contributed by atoms with Crippen molar-refractivity contribution in [1.29, 1.82) is 0 Å². The summed E-state index contributed by atoms with van der Waals surface area (Å²) in [6, 6.07) is 7.68. The molecule has 0 atom stereocenters. The largest absolute Gasteiger partial charge is 0.497 e. The minimum absolute atomic E-state index is 0.132. The summed E-state index contributed by atoms with van der Waals surface area (Å²) in [5.41, 5.74) is 2.72. The zero-order chi connectivity index (χ0) is 18.6. The molecule has 140 valence electrons. The van der Waals surface area contributed by atoms with Crippen LogP contribution in [0, 0.1) is 0 Å². The summed E-state index contributed by atoms with van der Waals surface area (Å²) in [6.07, 6.45) is 5.55. The Morgan fingerprint density at radius 2 is 2.00 bits per heavy atom. The van der Waals surface area contributed by atoms with Crippen molar-refractivity contribution in [2.24, 2.45) is 0 Å². The van der Waals surface area contributed by atoms with Crippen LogP contribution in [-0.4, -0.2) is 29.5 Å². The fourth-order valence-electron chi connectivity index (χ4n) is 3.13. The van der Waals surface area contributed by atoms with Crippen LogP contribution in [0.15, 0.2) is 29.6 Å². The molecular formula is C20H21N3O2S2. The van der Waals surface area contributed by atoms with Gasteiger partial charge >= 0.3 is 0 Å². The van der Waals surface area contributed by atoms with Crippen LogP contribution < -0.4 is 10.1 Å². The predicted octanol–water partition coefficient (Wildman–Crippen LogP) is 4.13. The summed E-state index contributed by atoms with van der Waals surface area (Å²) in [5.74, 6) is 0.671. The summed E-state index contributed by atoms with van der Waals surface area (Å²) in [7, 11) is 1.64. The van der Waals surface area contributed by atoms with Crippen LogP contribution in [0.3, 0.4) is 0 Å². The number of carbonyl (C=O) groups is 1. The van der Waals surface area contributed by atoms with Gasteiger partial charge in [-0.1, -0.05) is 0 Å². The van der Waals surface area contributed by atoms with Crippen LogP contribution >= 0.6 is 22.7 Å². The number of nitrogens with zero attached hydrogens (tertiary/aromatic N) is 2. The van der Waals surface area contributed by atoms with Crippen LogP contribution in [0.1, 0.15) is 38.9 Å². The lowest BCUT2D eigenvalue weighted by Crippen LogP contribution is -2.25. The molecule has 0 fully saturated rings. The van der Waals surface area contributed by atoms with Gasteiger partial charge in [0.1, 0.15) is 16.5 Å². The first-order valence-electron chi connectivity index (χ1n) is 9.08. The molecule has 7 heteroatoms.